The Hall–Kier alpha value is -1.65. The lowest BCUT2D eigenvalue weighted by Crippen LogP contribution is -2.12. The Morgan fingerprint density at radius 3 is 2.81 bits per heavy atom. The fourth-order valence-electron chi connectivity index (χ4n) is 1.81. The van der Waals surface area contributed by atoms with Gasteiger partial charge in [-0.2, -0.15) is 0 Å². The summed E-state index contributed by atoms with van der Waals surface area (Å²) in [4.78, 5) is 13.0. The summed E-state index contributed by atoms with van der Waals surface area (Å²) >= 11 is 7.51. The molecule has 0 aliphatic carbocycles. The van der Waals surface area contributed by atoms with E-state index >= 15 is 0 Å². The number of anilines is 2. The van der Waals surface area contributed by atoms with E-state index in [4.69, 9.17) is 17.3 Å². The summed E-state index contributed by atoms with van der Waals surface area (Å²) in [6, 6.07) is 13.3. The number of nitrogens with one attached hydrogen (secondary N) is 1. The normalized spacial score (nSPS) is 10.4. The van der Waals surface area contributed by atoms with E-state index in [0.29, 0.717) is 22.8 Å². The summed E-state index contributed by atoms with van der Waals surface area (Å²) in [6.07, 6.45) is 0.446. The number of rotatable bonds is 5. The zero-order chi connectivity index (χ0) is 15.2. The SMILES string of the molecule is Cc1cccc(SCCC(=O)Nc2ccc(Cl)c(N)c2)c1. The molecule has 0 spiro atoms. The first-order valence-corrected chi connectivity index (χ1v) is 7.95. The van der Waals surface area contributed by atoms with Gasteiger partial charge in [0.1, 0.15) is 0 Å². The average molecular weight is 321 g/mol. The lowest BCUT2D eigenvalue weighted by molar-refractivity contribution is -0.115. The van der Waals surface area contributed by atoms with E-state index in [-0.39, 0.29) is 5.91 Å². The van der Waals surface area contributed by atoms with Gasteiger partial charge in [0, 0.05) is 22.8 Å². The molecule has 0 radical (unpaired) electrons. The van der Waals surface area contributed by atoms with Crippen molar-refractivity contribution in [1.29, 1.82) is 0 Å². The second kappa shape index (κ2) is 7.38. The molecule has 3 nitrogen and oxygen atoms in total. The van der Waals surface area contributed by atoms with E-state index in [2.05, 4.69) is 30.4 Å². The number of carbonyl (C=O) groups excluding carboxylic acids is 1. The summed E-state index contributed by atoms with van der Waals surface area (Å²) in [5.74, 6) is 0.704. The number of aryl methyl sites for hydroxylation is 1. The van der Waals surface area contributed by atoms with Crippen LogP contribution in [0.5, 0.6) is 0 Å². The van der Waals surface area contributed by atoms with Crippen LogP contribution in [0.2, 0.25) is 5.02 Å². The number of halogens is 1. The number of hydrogen-bond donors (Lipinski definition) is 2. The van der Waals surface area contributed by atoms with Gasteiger partial charge in [-0.15, -0.1) is 11.8 Å². The zero-order valence-electron chi connectivity index (χ0n) is 11.7. The second-order valence-corrected chi connectivity index (χ2v) is 6.27. The third-order valence-corrected chi connectivity index (χ3v) is 4.21. The molecule has 0 aromatic heterocycles. The minimum Gasteiger partial charge on any atom is -0.397 e. The molecule has 1 amide bonds. The average Bonchev–Trinajstić information content (AvgIpc) is 2.43. The van der Waals surface area contributed by atoms with Gasteiger partial charge in [-0.05, 0) is 37.3 Å². The molecule has 0 atom stereocenters. The monoisotopic (exact) mass is 320 g/mol. The van der Waals surface area contributed by atoms with Crippen LogP contribution in [0.15, 0.2) is 47.4 Å². The lowest BCUT2D eigenvalue weighted by Gasteiger charge is -2.07. The van der Waals surface area contributed by atoms with Crippen LogP contribution in [0, 0.1) is 6.92 Å². The summed E-state index contributed by atoms with van der Waals surface area (Å²) in [7, 11) is 0. The number of amides is 1. The molecule has 5 heteroatoms. The van der Waals surface area contributed by atoms with Crippen molar-refractivity contribution in [1.82, 2.24) is 0 Å². The standard InChI is InChI=1S/C16H17ClN2OS/c1-11-3-2-4-13(9-11)21-8-7-16(20)19-12-5-6-14(17)15(18)10-12/h2-6,9-10H,7-8,18H2,1H3,(H,19,20). The molecule has 0 aliphatic heterocycles. The third-order valence-electron chi connectivity index (χ3n) is 2.87. The molecule has 0 heterocycles. The Kier molecular flexibility index (Phi) is 5.53. The minimum atomic E-state index is -0.0307. The predicted molar refractivity (Wildman–Crippen MR) is 91.0 cm³/mol. The number of nitrogen functional groups attached to an aromatic ring is 1. The van der Waals surface area contributed by atoms with Crippen LogP contribution in [0.4, 0.5) is 11.4 Å². The molecule has 0 saturated carbocycles. The molecule has 0 unspecified atom stereocenters. The molecular weight excluding hydrogens is 304 g/mol. The molecule has 0 fully saturated rings. The van der Waals surface area contributed by atoms with E-state index < -0.39 is 0 Å². The Morgan fingerprint density at radius 1 is 1.29 bits per heavy atom. The predicted octanol–water partition coefficient (Wildman–Crippen LogP) is 4.35. The maximum absolute atomic E-state index is 11.9. The van der Waals surface area contributed by atoms with Crippen molar-refractivity contribution in [3.63, 3.8) is 0 Å². The number of nitrogens with two attached hydrogens (primary N) is 1. The molecule has 110 valence electrons. The third kappa shape index (κ3) is 4.99. The van der Waals surface area contributed by atoms with Crippen LogP contribution < -0.4 is 11.1 Å². The molecule has 0 saturated heterocycles. The highest BCUT2D eigenvalue weighted by Gasteiger charge is 2.05. The van der Waals surface area contributed by atoms with Gasteiger partial charge in [0.2, 0.25) is 5.91 Å². The molecule has 2 aromatic rings. The molecular formula is C16H17ClN2OS. The van der Waals surface area contributed by atoms with Crippen LogP contribution in [-0.4, -0.2) is 11.7 Å². The Labute approximate surface area is 133 Å². The highest BCUT2D eigenvalue weighted by Crippen LogP contribution is 2.23. The van der Waals surface area contributed by atoms with E-state index in [1.54, 1.807) is 30.0 Å². The Bertz CT molecular complexity index is 646. The van der Waals surface area contributed by atoms with Gasteiger partial charge in [0.15, 0.2) is 0 Å². The van der Waals surface area contributed by atoms with Crippen LogP contribution in [0.25, 0.3) is 0 Å². The van der Waals surface area contributed by atoms with Crippen molar-refractivity contribution in [2.24, 2.45) is 0 Å². The summed E-state index contributed by atoms with van der Waals surface area (Å²) in [5.41, 5.74) is 8.05. The Morgan fingerprint density at radius 2 is 2.10 bits per heavy atom. The quantitative estimate of drug-likeness (QED) is 0.636. The smallest absolute Gasteiger partial charge is 0.225 e. The van der Waals surface area contributed by atoms with Crippen molar-refractivity contribution < 1.29 is 4.79 Å². The molecule has 21 heavy (non-hydrogen) atoms. The van der Waals surface area contributed by atoms with E-state index in [1.807, 2.05) is 6.07 Å². The Balaban J connectivity index is 1.81. The summed E-state index contributed by atoms with van der Waals surface area (Å²) < 4.78 is 0. The van der Waals surface area contributed by atoms with Crippen molar-refractivity contribution >= 4 is 40.6 Å². The minimum absolute atomic E-state index is 0.0307. The van der Waals surface area contributed by atoms with E-state index in [1.165, 1.54) is 10.5 Å². The van der Waals surface area contributed by atoms with Crippen LogP contribution in [0.1, 0.15) is 12.0 Å². The maximum Gasteiger partial charge on any atom is 0.225 e. The van der Waals surface area contributed by atoms with Gasteiger partial charge in [-0.1, -0.05) is 29.3 Å². The van der Waals surface area contributed by atoms with Gasteiger partial charge < -0.3 is 11.1 Å². The van der Waals surface area contributed by atoms with Gasteiger partial charge in [-0.25, -0.2) is 0 Å². The van der Waals surface area contributed by atoms with Gasteiger partial charge in [0.05, 0.1) is 10.7 Å². The first-order valence-electron chi connectivity index (χ1n) is 6.59. The maximum atomic E-state index is 11.9. The summed E-state index contributed by atoms with van der Waals surface area (Å²) in [5, 5.41) is 3.31. The second-order valence-electron chi connectivity index (χ2n) is 4.70. The van der Waals surface area contributed by atoms with Gasteiger partial charge in [-0.3, -0.25) is 4.79 Å². The fraction of sp³-hybridized carbons (Fsp3) is 0.188. The summed E-state index contributed by atoms with van der Waals surface area (Å²) in [6.45, 7) is 2.06. The van der Waals surface area contributed by atoms with Gasteiger partial charge >= 0.3 is 0 Å². The van der Waals surface area contributed by atoms with Crippen LogP contribution in [0.3, 0.4) is 0 Å². The van der Waals surface area contributed by atoms with Crippen molar-refractivity contribution in [2.45, 2.75) is 18.2 Å². The molecule has 3 N–H and O–H groups in total. The molecule has 0 bridgehead atoms. The van der Waals surface area contributed by atoms with Gasteiger partial charge in [0.25, 0.3) is 0 Å². The van der Waals surface area contributed by atoms with E-state index in [9.17, 15) is 4.79 Å². The largest absolute Gasteiger partial charge is 0.397 e. The van der Waals surface area contributed by atoms with Crippen molar-refractivity contribution in [3.8, 4) is 0 Å². The molecule has 2 rings (SSSR count). The number of thioether (sulfide) groups is 1. The van der Waals surface area contributed by atoms with Crippen LogP contribution in [-0.2, 0) is 4.79 Å². The first-order chi connectivity index (χ1) is 10.0. The first kappa shape index (κ1) is 15.7. The molecule has 0 aliphatic rings. The number of benzene rings is 2. The number of hydrogen-bond acceptors (Lipinski definition) is 3. The zero-order valence-corrected chi connectivity index (χ0v) is 13.3. The van der Waals surface area contributed by atoms with Crippen molar-refractivity contribution in [2.75, 3.05) is 16.8 Å². The topological polar surface area (TPSA) is 55.1 Å². The highest BCUT2D eigenvalue weighted by atomic mass is 35.5. The van der Waals surface area contributed by atoms with Crippen molar-refractivity contribution in [3.05, 3.63) is 53.1 Å². The highest BCUT2D eigenvalue weighted by molar-refractivity contribution is 7.99. The molecule has 2 aromatic carbocycles. The fourth-order valence-corrected chi connectivity index (χ4v) is 2.90. The lowest BCUT2D eigenvalue weighted by atomic mass is 10.2. The van der Waals surface area contributed by atoms with E-state index in [0.717, 1.165) is 5.75 Å². The van der Waals surface area contributed by atoms with Crippen LogP contribution >= 0.6 is 23.4 Å². The number of carbonyl (C=O) groups is 1.